The van der Waals surface area contributed by atoms with Crippen molar-refractivity contribution in [1.82, 2.24) is 0 Å². The molecule has 2 aromatic carbocycles. The third-order valence-electron chi connectivity index (χ3n) is 3.76. The number of benzene rings is 2. The molecular weight excluding hydrogens is 782 g/mol. The minimum Gasteiger partial charge on any atom is -0.780 e. The molecule has 0 unspecified atom stereocenters. The molecule has 0 aromatic heterocycles. The molecule has 0 bridgehead atoms. The first-order chi connectivity index (χ1) is 13.9. The molecule has 2 aromatic rings. The molecule has 0 amide bonds. The van der Waals surface area contributed by atoms with E-state index in [1.807, 2.05) is 0 Å². The van der Waals surface area contributed by atoms with Crippen LogP contribution in [0.15, 0.2) is 70.8 Å². The topological polar surface area (TPSA) is 86.3 Å². The van der Waals surface area contributed by atoms with Crippen molar-refractivity contribution in [3.63, 3.8) is 0 Å². The van der Waals surface area contributed by atoms with Crippen LogP contribution in [0.25, 0.3) is 0 Å². The second-order valence-corrected chi connectivity index (χ2v) is 6.19. The van der Waals surface area contributed by atoms with E-state index in [0.29, 0.717) is 16.0 Å². The second kappa shape index (κ2) is 12.2. The van der Waals surface area contributed by atoms with Crippen LogP contribution >= 0.6 is 0 Å². The second-order valence-electron chi connectivity index (χ2n) is 5.71. The Hall–Kier alpha value is -2.68. The molecule has 0 saturated carbocycles. The molecule has 9 heteroatoms. The van der Waals surface area contributed by atoms with Crippen molar-refractivity contribution in [3.05, 3.63) is 109 Å². The number of hydrogen-bond donors (Lipinski definition) is 0. The van der Waals surface area contributed by atoms with Crippen molar-refractivity contribution in [2.45, 2.75) is 4.90 Å². The van der Waals surface area contributed by atoms with E-state index in [0.717, 1.165) is 12.1 Å². The Morgan fingerprint density at radius 1 is 0.839 bits per heavy atom. The van der Waals surface area contributed by atoms with Crippen molar-refractivity contribution in [2.24, 2.45) is 0 Å². The van der Waals surface area contributed by atoms with Gasteiger partial charge in [0, 0.05) is 52.1 Å². The maximum Gasteiger partial charge on any atom is 1.00 e. The van der Waals surface area contributed by atoms with Crippen molar-refractivity contribution in [1.29, 1.82) is 0 Å². The summed E-state index contributed by atoms with van der Waals surface area (Å²) in [5.41, 5.74) is 3.20. The third kappa shape index (κ3) is 7.20. The van der Waals surface area contributed by atoms with Crippen LogP contribution in [-0.2, 0) is 57.4 Å². The molecule has 0 N–H and O–H groups in total. The minimum atomic E-state index is -0.636. The average molecular weight is 792 g/mol. The zero-order valence-corrected chi connectivity index (χ0v) is 20.5. The van der Waals surface area contributed by atoms with E-state index in [4.69, 9.17) is 12.6 Å². The number of hydrogen-bond acceptors (Lipinski definition) is 5. The SMILES string of the molecule is O=[N+]([O-])c1cc(C#Cc2ccc([S-])cc2)c([N+](=O)[O-])cc1C#CC1=CC=C=C[CH]1.[Au+].[Au]. The van der Waals surface area contributed by atoms with Crippen LogP contribution in [0.1, 0.15) is 16.7 Å². The third-order valence-corrected chi connectivity index (χ3v) is 4.04. The Bertz CT molecular complexity index is 1240. The molecule has 31 heavy (non-hydrogen) atoms. The summed E-state index contributed by atoms with van der Waals surface area (Å²) in [6.07, 6.45) is 6.67. The quantitative estimate of drug-likeness (QED) is 0.115. The molecule has 0 fully saturated rings. The number of nitrogens with zero attached hydrogens (tertiary/aromatic N) is 2. The molecule has 3 rings (SSSR count). The van der Waals surface area contributed by atoms with Gasteiger partial charge in [-0.15, -0.1) is 5.73 Å². The van der Waals surface area contributed by atoms with Gasteiger partial charge in [0.2, 0.25) is 0 Å². The first kappa shape index (κ1) is 26.4. The first-order valence-corrected chi connectivity index (χ1v) is 8.59. The monoisotopic (exact) mass is 792 g/mol. The Kier molecular flexibility index (Phi) is 10.4. The number of allylic oxidation sites excluding steroid dienone is 3. The fraction of sp³-hybridized carbons (Fsp3) is 0. The van der Waals surface area contributed by atoms with E-state index in [-0.39, 0.29) is 67.3 Å². The van der Waals surface area contributed by atoms with Crippen molar-refractivity contribution in [3.8, 4) is 23.7 Å². The van der Waals surface area contributed by atoms with E-state index in [1.165, 1.54) is 0 Å². The Balaban J connectivity index is 0.00000240. The molecule has 0 spiro atoms. The van der Waals surface area contributed by atoms with Crippen molar-refractivity contribution < 1.29 is 54.6 Å². The van der Waals surface area contributed by atoms with E-state index in [9.17, 15) is 20.2 Å². The maximum atomic E-state index is 11.5. The first-order valence-electron chi connectivity index (χ1n) is 8.18. The van der Waals surface area contributed by atoms with E-state index >= 15 is 0 Å². The van der Waals surface area contributed by atoms with Gasteiger partial charge in [-0.05, 0) is 30.4 Å². The molecule has 0 atom stereocenters. The van der Waals surface area contributed by atoms with Crippen molar-refractivity contribution in [2.75, 3.05) is 0 Å². The Morgan fingerprint density at radius 3 is 1.87 bits per heavy atom. The van der Waals surface area contributed by atoms with Gasteiger partial charge in [-0.1, -0.05) is 35.8 Å². The van der Waals surface area contributed by atoms with Crippen LogP contribution in [0.5, 0.6) is 0 Å². The van der Waals surface area contributed by atoms with Gasteiger partial charge in [-0.3, -0.25) is 20.2 Å². The van der Waals surface area contributed by atoms with Crippen LogP contribution in [0.4, 0.5) is 11.4 Å². The van der Waals surface area contributed by atoms with Crippen LogP contribution in [0.2, 0.25) is 0 Å². The van der Waals surface area contributed by atoms with E-state index < -0.39 is 9.85 Å². The summed E-state index contributed by atoms with van der Waals surface area (Å²) in [7, 11) is 0. The summed E-state index contributed by atoms with van der Waals surface area (Å²) in [4.78, 5) is 22.3. The fourth-order valence-electron chi connectivity index (χ4n) is 2.37. The largest absolute Gasteiger partial charge is 1.00 e. The number of nitro groups is 2. The maximum absolute atomic E-state index is 11.5. The van der Waals surface area contributed by atoms with Crippen LogP contribution in [0.3, 0.4) is 0 Å². The van der Waals surface area contributed by atoms with Gasteiger partial charge in [0.05, 0.1) is 9.85 Å². The zero-order valence-electron chi connectivity index (χ0n) is 15.3. The summed E-state index contributed by atoms with van der Waals surface area (Å²) in [6.45, 7) is 0. The normalized spacial score (nSPS) is 10.8. The van der Waals surface area contributed by atoms with Gasteiger partial charge in [-0.2, -0.15) is 4.90 Å². The van der Waals surface area contributed by atoms with Crippen LogP contribution in [-0.4, -0.2) is 9.85 Å². The van der Waals surface area contributed by atoms with Gasteiger partial charge >= 0.3 is 22.4 Å². The van der Waals surface area contributed by atoms with E-state index in [2.05, 4.69) is 29.4 Å². The van der Waals surface area contributed by atoms with Gasteiger partial charge in [0.1, 0.15) is 11.1 Å². The Labute approximate surface area is 215 Å². The fourth-order valence-corrected chi connectivity index (χ4v) is 2.50. The summed E-state index contributed by atoms with van der Waals surface area (Å²) < 4.78 is 0. The standard InChI is InChI=1S/C22H11N2O4S.2Au/c25-23(26)21-15-19(11-7-17-8-12-20(29)13-9-17)22(24(27)28)14-18(21)10-6-16-4-2-1-3-5-16;;/h2-5,8-9,12-15,29H;;/q;;+1/p-1. The molecule has 0 saturated heterocycles. The molecule has 160 valence electrons. The number of rotatable bonds is 2. The smallest absolute Gasteiger partial charge is 0.780 e. The predicted octanol–water partition coefficient (Wildman–Crippen LogP) is 4.01. The minimum absolute atomic E-state index is 0. The van der Waals surface area contributed by atoms with Crippen LogP contribution in [0, 0.1) is 50.3 Å². The molecule has 0 aliphatic heterocycles. The van der Waals surface area contributed by atoms with Crippen molar-refractivity contribution >= 4 is 24.0 Å². The summed E-state index contributed by atoms with van der Waals surface area (Å²) >= 11 is 5.00. The molecule has 1 aliphatic carbocycles. The summed E-state index contributed by atoms with van der Waals surface area (Å²) in [6, 6.07) is 8.86. The summed E-state index contributed by atoms with van der Waals surface area (Å²) in [5, 5.41) is 23.0. The van der Waals surface area contributed by atoms with Gasteiger partial charge in [0.25, 0.3) is 11.4 Å². The zero-order chi connectivity index (χ0) is 20.8. The van der Waals surface area contributed by atoms with E-state index in [1.54, 1.807) is 48.9 Å². The Morgan fingerprint density at radius 2 is 1.39 bits per heavy atom. The number of nitro benzene ring substituents is 2. The van der Waals surface area contributed by atoms with Gasteiger partial charge in [0.15, 0.2) is 0 Å². The summed E-state index contributed by atoms with van der Waals surface area (Å²) in [5.74, 6) is 10.8. The van der Waals surface area contributed by atoms with Gasteiger partial charge < -0.3 is 12.6 Å². The molecule has 2 radical (unpaired) electrons. The molecule has 6 nitrogen and oxygen atoms in total. The van der Waals surface area contributed by atoms with Crippen LogP contribution < -0.4 is 0 Å². The predicted molar refractivity (Wildman–Crippen MR) is 110 cm³/mol. The average Bonchev–Trinajstić information content (AvgIpc) is 2.72. The molecule has 0 heterocycles. The molecular formula is C22H10Au2N2O4S. The van der Waals surface area contributed by atoms with Gasteiger partial charge in [-0.25, -0.2) is 0 Å². The molecule has 1 aliphatic rings.